The molecule has 98 valence electrons. The average molecular weight is 241 g/mol. The first-order valence-corrected chi connectivity index (χ1v) is 6.24. The fourth-order valence-corrected chi connectivity index (χ4v) is 1.87. The monoisotopic (exact) mass is 241 g/mol. The number of likely N-dealkylation sites (tertiary alicyclic amines) is 1. The third-order valence-electron chi connectivity index (χ3n) is 3.01. The normalized spacial score (nSPS) is 22.8. The van der Waals surface area contributed by atoms with Crippen LogP contribution in [0, 0.1) is 5.92 Å². The van der Waals surface area contributed by atoms with E-state index in [4.69, 9.17) is 5.73 Å². The van der Waals surface area contributed by atoms with Crippen LogP contribution in [-0.2, 0) is 9.59 Å². The van der Waals surface area contributed by atoms with Gasteiger partial charge in [-0.2, -0.15) is 0 Å². The molecule has 5 heteroatoms. The van der Waals surface area contributed by atoms with Crippen LogP contribution in [0.5, 0.6) is 0 Å². The fraction of sp³-hybridized carbons (Fsp3) is 0.833. The van der Waals surface area contributed by atoms with Gasteiger partial charge in [-0.3, -0.25) is 9.59 Å². The van der Waals surface area contributed by atoms with E-state index in [0.29, 0.717) is 25.4 Å². The van der Waals surface area contributed by atoms with Crippen LogP contribution >= 0.6 is 0 Å². The van der Waals surface area contributed by atoms with Crippen LogP contribution in [0.1, 0.15) is 33.6 Å². The number of piperidine rings is 1. The van der Waals surface area contributed by atoms with Crippen molar-refractivity contribution < 1.29 is 9.59 Å². The summed E-state index contributed by atoms with van der Waals surface area (Å²) in [5.74, 6) is 0.338. The Morgan fingerprint density at radius 3 is 2.76 bits per heavy atom. The van der Waals surface area contributed by atoms with Gasteiger partial charge in [0, 0.05) is 25.6 Å². The average Bonchev–Trinajstić information content (AvgIpc) is 2.28. The molecule has 1 aliphatic rings. The Morgan fingerprint density at radius 2 is 2.18 bits per heavy atom. The van der Waals surface area contributed by atoms with Gasteiger partial charge in [0.25, 0.3) is 0 Å². The number of nitrogens with one attached hydrogen (secondary N) is 1. The van der Waals surface area contributed by atoms with Gasteiger partial charge in [0.1, 0.15) is 6.04 Å². The van der Waals surface area contributed by atoms with E-state index < -0.39 is 6.04 Å². The lowest BCUT2D eigenvalue weighted by atomic mass is 10.0. The van der Waals surface area contributed by atoms with Crippen molar-refractivity contribution in [2.24, 2.45) is 11.7 Å². The summed E-state index contributed by atoms with van der Waals surface area (Å²) in [6, 6.07) is -0.430. The van der Waals surface area contributed by atoms with Crippen LogP contribution in [0.2, 0.25) is 0 Å². The van der Waals surface area contributed by atoms with Gasteiger partial charge >= 0.3 is 0 Å². The number of nitrogens with two attached hydrogens (primary N) is 1. The van der Waals surface area contributed by atoms with Gasteiger partial charge < -0.3 is 16.0 Å². The van der Waals surface area contributed by atoms with Crippen molar-refractivity contribution in [3.05, 3.63) is 0 Å². The summed E-state index contributed by atoms with van der Waals surface area (Å²) in [4.78, 5) is 25.2. The molecule has 17 heavy (non-hydrogen) atoms. The molecule has 0 saturated carbocycles. The fourth-order valence-electron chi connectivity index (χ4n) is 1.87. The number of nitrogens with zero attached hydrogens (tertiary/aromatic N) is 1. The van der Waals surface area contributed by atoms with Crippen molar-refractivity contribution in [2.75, 3.05) is 13.1 Å². The van der Waals surface area contributed by atoms with Crippen LogP contribution in [0.3, 0.4) is 0 Å². The zero-order valence-corrected chi connectivity index (χ0v) is 10.9. The molecule has 0 aromatic rings. The topological polar surface area (TPSA) is 75.4 Å². The van der Waals surface area contributed by atoms with E-state index >= 15 is 0 Å². The number of rotatable bonds is 4. The van der Waals surface area contributed by atoms with Gasteiger partial charge in [0.05, 0.1) is 0 Å². The summed E-state index contributed by atoms with van der Waals surface area (Å²) in [7, 11) is 0. The molecule has 1 saturated heterocycles. The first-order valence-electron chi connectivity index (χ1n) is 6.24. The van der Waals surface area contributed by atoms with E-state index in [1.165, 1.54) is 0 Å². The summed E-state index contributed by atoms with van der Waals surface area (Å²) in [5.41, 5.74) is 5.82. The smallest absolute Gasteiger partial charge is 0.242 e. The Hall–Kier alpha value is -1.10. The van der Waals surface area contributed by atoms with Crippen LogP contribution in [0.15, 0.2) is 0 Å². The van der Waals surface area contributed by atoms with Gasteiger partial charge in [-0.25, -0.2) is 0 Å². The van der Waals surface area contributed by atoms with Crippen LogP contribution in [0.25, 0.3) is 0 Å². The van der Waals surface area contributed by atoms with Gasteiger partial charge in [0.2, 0.25) is 11.8 Å². The van der Waals surface area contributed by atoms with Crippen molar-refractivity contribution >= 4 is 11.8 Å². The molecular weight excluding hydrogens is 218 g/mol. The lowest BCUT2D eigenvalue weighted by Crippen LogP contribution is -2.54. The molecule has 2 atom stereocenters. The Balaban J connectivity index is 2.52. The SMILES string of the molecule is CC(C)CNC(=O)C(C)N1CC(N)CCC1=O. The highest BCUT2D eigenvalue weighted by Crippen LogP contribution is 2.13. The second-order valence-corrected chi connectivity index (χ2v) is 5.16. The third kappa shape index (κ3) is 4.00. The molecule has 0 spiro atoms. The Labute approximate surface area is 103 Å². The summed E-state index contributed by atoms with van der Waals surface area (Å²) in [5, 5.41) is 2.84. The molecule has 1 aliphatic heterocycles. The maximum absolute atomic E-state index is 11.9. The maximum atomic E-state index is 11.9. The molecule has 2 amide bonds. The van der Waals surface area contributed by atoms with Gasteiger partial charge in [-0.05, 0) is 19.3 Å². The molecule has 1 heterocycles. The molecular formula is C12H23N3O2. The molecule has 3 N–H and O–H groups in total. The molecule has 0 bridgehead atoms. The minimum absolute atomic E-state index is 0.00644. The number of amides is 2. The Kier molecular flexibility index (Phi) is 4.93. The Morgan fingerprint density at radius 1 is 1.53 bits per heavy atom. The van der Waals surface area contributed by atoms with E-state index in [9.17, 15) is 9.59 Å². The number of carbonyl (C=O) groups is 2. The van der Waals surface area contributed by atoms with Crippen molar-refractivity contribution in [2.45, 2.75) is 45.7 Å². The van der Waals surface area contributed by atoms with E-state index in [2.05, 4.69) is 5.32 Å². The largest absolute Gasteiger partial charge is 0.354 e. The molecule has 0 aromatic carbocycles. The second kappa shape index (κ2) is 6.00. The lowest BCUT2D eigenvalue weighted by molar-refractivity contribution is -0.142. The highest BCUT2D eigenvalue weighted by atomic mass is 16.2. The molecule has 0 radical (unpaired) electrons. The van der Waals surface area contributed by atoms with E-state index in [-0.39, 0.29) is 17.9 Å². The number of carbonyl (C=O) groups excluding carboxylic acids is 2. The van der Waals surface area contributed by atoms with E-state index in [0.717, 1.165) is 6.42 Å². The predicted molar refractivity (Wildman–Crippen MR) is 66.2 cm³/mol. The highest BCUT2D eigenvalue weighted by molar-refractivity contribution is 5.87. The predicted octanol–water partition coefficient (Wildman–Crippen LogP) is 0.0968. The molecule has 5 nitrogen and oxygen atoms in total. The molecule has 0 aromatic heterocycles. The number of hydrogen-bond acceptors (Lipinski definition) is 3. The summed E-state index contributed by atoms with van der Waals surface area (Å²) in [6.07, 6.45) is 1.17. The Bertz CT molecular complexity index is 291. The lowest BCUT2D eigenvalue weighted by Gasteiger charge is -2.34. The van der Waals surface area contributed by atoms with Crippen LogP contribution in [0.4, 0.5) is 0 Å². The quantitative estimate of drug-likeness (QED) is 0.733. The molecule has 2 unspecified atom stereocenters. The van der Waals surface area contributed by atoms with Gasteiger partial charge in [0.15, 0.2) is 0 Å². The zero-order valence-electron chi connectivity index (χ0n) is 10.9. The first-order chi connectivity index (χ1) is 7.91. The summed E-state index contributed by atoms with van der Waals surface area (Å²) < 4.78 is 0. The summed E-state index contributed by atoms with van der Waals surface area (Å²) >= 11 is 0. The molecule has 1 rings (SSSR count). The summed E-state index contributed by atoms with van der Waals surface area (Å²) in [6.45, 7) is 6.94. The van der Waals surface area contributed by atoms with Crippen LogP contribution < -0.4 is 11.1 Å². The highest BCUT2D eigenvalue weighted by Gasteiger charge is 2.30. The van der Waals surface area contributed by atoms with Crippen molar-refractivity contribution in [3.8, 4) is 0 Å². The van der Waals surface area contributed by atoms with E-state index in [1.807, 2.05) is 13.8 Å². The zero-order chi connectivity index (χ0) is 13.0. The first kappa shape index (κ1) is 14.0. The van der Waals surface area contributed by atoms with Crippen molar-refractivity contribution in [1.82, 2.24) is 10.2 Å². The maximum Gasteiger partial charge on any atom is 0.242 e. The van der Waals surface area contributed by atoms with Crippen molar-refractivity contribution in [3.63, 3.8) is 0 Å². The van der Waals surface area contributed by atoms with Gasteiger partial charge in [-0.15, -0.1) is 0 Å². The molecule has 0 aliphatic carbocycles. The minimum atomic E-state index is -0.424. The van der Waals surface area contributed by atoms with Gasteiger partial charge in [-0.1, -0.05) is 13.8 Å². The van der Waals surface area contributed by atoms with Crippen molar-refractivity contribution in [1.29, 1.82) is 0 Å². The standard InChI is InChI=1S/C12H23N3O2/c1-8(2)6-14-12(17)9(3)15-7-10(13)4-5-11(15)16/h8-10H,4-7,13H2,1-3H3,(H,14,17). The second-order valence-electron chi connectivity index (χ2n) is 5.16. The third-order valence-corrected chi connectivity index (χ3v) is 3.01. The minimum Gasteiger partial charge on any atom is -0.354 e. The van der Waals surface area contributed by atoms with Crippen LogP contribution in [-0.4, -0.2) is 41.9 Å². The van der Waals surface area contributed by atoms with E-state index in [1.54, 1.807) is 11.8 Å². The molecule has 1 fully saturated rings. The number of hydrogen-bond donors (Lipinski definition) is 2.